The van der Waals surface area contributed by atoms with Gasteiger partial charge in [0.15, 0.2) is 0 Å². The van der Waals surface area contributed by atoms with Gasteiger partial charge in [-0.3, -0.25) is 9.59 Å². The molecule has 2 unspecified atom stereocenters. The van der Waals surface area contributed by atoms with Crippen molar-refractivity contribution in [2.75, 3.05) is 13.2 Å². The Morgan fingerprint density at radius 3 is 1.31 bits per heavy atom. The Bertz CT molecular complexity index is 1830. The maximum atomic E-state index is 14.3. The Balaban J connectivity index is 1.60. The van der Waals surface area contributed by atoms with Crippen LogP contribution in [0.3, 0.4) is 0 Å². The van der Waals surface area contributed by atoms with E-state index in [-0.39, 0.29) is 35.5 Å². The predicted molar refractivity (Wildman–Crippen MR) is 202 cm³/mol. The molecule has 0 fully saturated rings. The first kappa shape index (κ1) is 40.4. The van der Waals surface area contributed by atoms with Gasteiger partial charge in [0.25, 0.3) is 0 Å². The van der Waals surface area contributed by atoms with Crippen LogP contribution in [0.2, 0.25) is 0 Å². The first-order valence-electron chi connectivity index (χ1n) is 16.8. The number of ether oxygens (including phenoxy) is 2. The van der Waals surface area contributed by atoms with Crippen LogP contribution in [0, 0.1) is 10.8 Å². The molecule has 0 aliphatic rings. The lowest BCUT2D eigenvalue weighted by molar-refractivity contribution is -0.148. The molecule has 0 heterocycles. The van der Waals surface area contributed by atoms with Crippen LogP contribution in [0.25, 0.3) is 21.5 Å². The van der Waals surface area contributed by atoms with Crippen LogP contribution in [-0.4, -0.2) is 37.2 Å². The van der Waals surface area contributed by atoms with E-state index in [9.17, 15) is 18.7 Å². The minimum absolute atomic E-state index is 0.127. The molecule has 4 aromatic carbocycles. The SMILES string of the molecule is C[C@H](NP(=O)(O/C=C\OP(=O)(N[C@@H](C)C(=O)OCC(C)(C)C)Oc1cccc2ccccc12)Oc1cccc2ccccc12)C(=O)OCC(C)(C)C. The molecule has 4 atom stereocenters. The number of hydrogen-bond acceptors (Lipinski definition) is 10. The Labute approximate surface area is 305 Å². The van der Waals surface area contributed by atoms with Crippen molar-refractivity contribution >= 4 is 49.0 Å². The molecule has 0 aliphatic heterocycles. The topological polar surface area (TPSA) is 148 Å². The van der Waals surface area contributed by atoms with E-state index in [2.05, 4.69) is 10.2 Å². The zero-order valence-electron chi connectivity index (χ0n) is 30.8. The Hall–Kier alpha value is -4.34. The van der Waals surface area contributed by atoms with Crippen molar-refractivity contribution in [3.8, 4) is 11.5 Å². The summed E-state index contributed by atoms with van der Waals surface area (Å²) in [5.74, 6) is -0.921. The molecule has 4 rings (SSSR count). The molecule has 0 saturated carbocycles. The predicted octanol–water partition coefficient (Wildman–Crippen LogP) is 9.31. The van der Waals surface area contributed by atoms with Gasteiger partial charge in [0.2, 0.25) is 0 Å². The highest BCUT2D eigenvalue weighted by Crippen LogP contribution is 2.49. The van der Waals surface area contributed by atoms with Gasteiger partial charge in [0.05, 0.1) is 13.2 Å². The van der Waals surface area contributed by atoms with Gasteiger partial charge in [-0.2, -0.15) is 10.2 Å². The minimum atomic E-state index is -4.41. The van der Waals surface area contributed by atoms with E-state index < -0.39 is 39.5 Å². The lowest BCUT2D eigenvalue weighted by atomic mass is 9.99. The minimum Gasteiger partial charge on any atom is -0.464 e. The molecular formula is C38H48N2O10P2. The molecule has 0 saturated heterocycles. The third kappa shape index (κ3) is 12.1. The van der Waals surface area contributed by atoms with E-state index in [1.54, 1.807) is 48.5 Å². The average Bonchev–Trinajstić information content (AvgIpc) is 3.07. The molecule has 52 heavy (non-hydrogen) atoms. The summed E-state index contributed by atoms with van der Waals surface area (Å²) in [6, 6.07) is 22.8. The fraction of sp³-hybridized carbons (Fsp3) is 0.368. The van der Waals surface area contributed by atoms with Crippen molar-refractivity contribution < 1.29 is 46.3 Å². The molecular weight excluding hydrogens is 706 g/mol. The summed E-state index contributed by atoms with van der Waals surface area (Å²) in [4.78, 5) is 25.7. The van der Waals surface area contributed by atoms with E-state index in [1.807, 2.05) is 77.9 Å². The lowest BCUT2D eigenvalue weighted by Gasteiger charge is -2.24. The van der Waals surface area contributed by atoms with Crippen LogP contribution >= 0.6 is 15.5 Å². The molecule has 0 bridgehead atoms. The Morgan fingerprint density at radius 1 is 0.596 bits per heavy atom. The number of nitrogens with one attached hydrogen (secondary N) is 2. The summed E-state index contributed by atoms with van der Waals surface area (Å²) in [6.07, 6.45) is 1.71. The quantitative estimate of drug-likeness (QED) is 0.0638. The van der Waals surface area contributed by atoms with E-state index in [1.165, 1.54) is 13.8 Å². The van der Waals surface area contributed by atoms with Gasteiger partial charge < -0.3 is 27.6 Å². The Kier molecular flexibility index (Phi) is 13.2. The molecule has 0 spiro atoms. The van der Waals surface area contributed by atoms with Crippen molar-refractivity contribution in [3.05, 3.63) is 97.5 Å². The normalized spacial score (nSPS) is 15.6. The van der Waals surface area contributed by atoms with Gasteiger partial charge in [-0.05, 0) is 47.6 Å². The zero-order chi connectivity index (χ0) is 38.2. The molecule has 0 amide bonds. The maximum Gasteiger partial charge on any atom is 0.513 e. The summed E-state index contributed by atoms with van der Waals surface area (Å²) in [6.45, 7) is 14.6. The number of carbonyl (C=O) groups excluding carboxylic acids is 2. The fourth-order valence-corrected chi connectivity index (χ4v) is 7.31. The second-order valence-corrected chi connectivity index (χ2v) is 17.9. The van der Waals surface area contributed by atoms with E-state index >= 15 is 0 Å². The van der Waals surface area contributed by atoms with Crippen molar-refractivity contribution in [1.82, 2.24) is 10.2 Å². The molecule has 0 radical (unpaired) electrons. The van der Waals surface area contributed by atoms with Crippen LogP contribution in [0.4, 0.5) is 0 Å². The maximum absolute atomic E-state index is 14.3. The van der Waals surface area contributed by atoms with Crippen molar-refractivity contribution in [2.45, 2.75) is 67.5 Å². The van der Waals surface area contributed by atoms with E-state index in [0.717, 1.165) is 23.3 Å². The van der Waals surface area contributed by atoms with Crippen LogP contribution in [-0.2, 0) is 37.2 Å². The highest BCUT2D eigenvalue weighted by atomic mass is 31.2. The van der Waals surface area contributed by atoms with Crippen LogP contribution in [0.1, 0.15) is 55.4 Å². The molecule has 4 aromatic rings. The number of hydrogen-bond donors (Lipinski definition) is 2. The first-order valence-corrected chi connectivity index (χ1v) is 19.9. The van der Waals surface area contributed by atoms with Gasteiger partial charge in [0, 0.05) is 10.8 Å². The monoisotopic (exact) mass is 754 g/mol. The molecule has 0 aliphatic carbocycles. The Morgan fingerprint density at radius 2 is 0.942 bits per heavy atom. The first-order chi connectivity index (χ1) is 24.4. The van der Waals surface area contributed by atoms with E-state index in [0.29, 0.717) is 10.8 Å². The number of rotatable bonds is 16. The van der Waals surface area contributed by atoms with Gasteiger partial charge in [0.1, 0.15) is 36.1 Å². The molecule has 12 nitrogen and oxygen atoms in total. The summed E-state index contributed by atoms with van der Waals surface area (Å²) >= 11 is 0. The van der Waals surface area contributed by atoms with Gasteiger partial charge >= 0.3 is 27.4 Å². The molecule has 0 aromatic heterocycles. The third-order valence-electron chi connectivity index (χ3n) is 7.10. The summed E-state index contributed by atoms with van der Waals surface area (Å²) < 4.78 is 62.5. The third-order valence-corrected chi connectivity index (χ3v) is 10.2. The average molecular weight is 755 g/mol. The molecule has 280 valence electrons. The van der Waals surface area contributed by atoms with Gasteiger partial charge in [-0.15, -0.1) is 0 Å². The van der Waals surface area contributed by atoms with Crippen LogP contribution < -0.4 is 19.2 Å². The lowest BCUT2D eigenvalue weighted by Crippen LogP contribution is -2.36. The zero-order valence-corrected chi connectivity index (χ0v) is 32.6. The van der Waals surface area contributed by atoms with Crippen LogP contribution in [0.5, 0.6) is 11.5 Å². The number of carbonyl (C=O) groups is 2. The van der Waals surface area contributed by atoms with Crippen molar-refractivity contribution in [2.24, 2.45) is 10.8 Å². The van der Waals surface area contributed by atoms with Gasteiger partial charge in [-0.25, -0.2) is 9.13 Å². The highest BCUT2D eigenvalue weighted by molar-refractivity contribution is 7.52. The smallest absolute Gasteiger partial charge is 0.464 e. The molecule has 2 N–H and O–H groups in total. The standard InChI is InChI=1S/C38H48N2O10P2/c1-27(35(41)45-25-37(3,4)5)39-51(43,49-33-21-13-17-29-15-9-11-19-31(29)33)47-23-24-48-52(44,40-28(2)36(42)46-26-38(6,7)8)50-34-22-14-18-30-16-10-12-20-32(30)34/h9-24,27-28H,25-26H2,1-8H3,(H,39,43)(H,40,44)/b24-23-/t27-,28-,51?,52?/m0/s1. The van der Waals surface area contributed by atoms with Crippen molar-refractivity contribution in [1.29, 1.82) is 0 Å². The largest absolute Gasteiger partial charge is 0.513 e. The van der Waals surface area contributed by atoms with E-state index in [4.69, 9.17) is 27.6 Å². The summed E-state index contributed by atoms with van der Waals surface area (Å²) in [5.41, 5.74) is -0.599. The van der Waals surface area contributed by atoms with Gasteiger partial charge in [-0.1, -0.05) is 114 Å². The second-order valence-electron chi connectivity index (χ2n) is 14.7. The van der Waals surface area contributed by atoms with Crippen molar-refractivity contribution in [3.63, 3.8) is 0 Å². The number of benzene rings is 4. The fourth-order valence-electron chi connectivity index (χ4n) is 4.58. The number of esters is 2. The summed E-state index contributed by atoms with van der Waals surface area (Å²) in [5, 5.41) is 8.17. The number of fused-ring (bicyclic) bond motifs is 2. The molecule has 14 heteroatoms. The summed E-state index contributed by atoms with van der Waals surface area (Å²) in [7, 11) is -8.82. The highest BCUT2D eigenvalue weighted by Gasteiger charge is 2.36. The second kappa shape index (κ2) is 17.0. The van der Waals surface area contributed by atoms with Crippen LogP contribution in [0.15, 0.2) is 97.5 Å².